The fourth-order valence-electron chi connectivity index (χ4n) is 0.775. The smallest absolute Gasteiger partial charge is 0.423 e. The van der Waals surface area contributed by atoms with Gasteiger partial charge in [0.05, 0.1) is 0 Å². The third-order valence-corrected chi connectivity index (χ3v) is 2.27. The van der Waals surface area contributed by atoms with Gasteiger partial charge in [-0.25, -0.2) is 0 Å². The lowest BCUT2D eigenvalue weighted by molar-refractivity contribution is 0.425. The van der Waals surface area contributed by atoms with Crippen molar-refractivity contribution in [1.82, 2.24) is 4.98 Å². The molecule has 3 nitrogen and oxygen atoms in total. The number of halogens is 1. The lowest BCUT2D eigenvalue weighted by Gasteiger charge is -2.03. The molecule has 1 heterocycles. The maximum absolute atomic E-state index is 8.82. The van der Waals surface area contributed by atoms with E-state index < -0.39 is 7.12 Å². The van der Waals surface area contributed by atoms with Crippen molar-refractivity contribution in [3.63, 3.8) is 0 Å². The Kier molecular flexibility index (Phi) is 2.65. The van der Waals surface area contributed by atoms with Crippen LogP contribution in [-0.2, 0) is 0 Å². The van der Waals surface area contributed by atoms with Gasteiger partial charge in [0.25, 0.3) is 0 Å². The molecule has 58 valence electrons. The summed E-state index contributed by atoms with van der Waals surface area (Å²) in [6, 6.07) is 0. The molecule has 0 aliphatic rings. The van der Waals surface area contributed by atoms with E-state index in [9.17, 15) is 0 Å². The first-order valence-electron chi connectivity index (χ1n) is 3.09. The minimum atomic E-state index is -1.44. The Labute approximate surface area is 73.4 Å². The van der Waals surface area contributed by atoms with Gasteiger partial charge >= 0.3 is 7.12 Å². The van der Waals surface area contributed by atoms with Gasteiger partial charge in [-0.15, -0.1) is 0 Å². The molecule has 0 fully saturated rings. The van der Waals surface area contributed by atoms with Crippen molar-refractivity contribution < 1.29 is 10.0 Å². The first-order valence-corrected chi connectivity index (χ1v) is 3.88. The summed E-state index contributed by atoms with van der Waals surface area (Å²) in [5.74, 6) is 0. The van der Waals surface area contributed by atoms with Gasteiger partial charge in [0, 0.05) is 22.3 Å². The lowest BCUT2D eigenvalue weighted by Crippen LogP contribution is -2.32. The van der Waals surface area contributed by atoms with Gasteiger partial charge in [0.15, 0.2) is 0 Å². The normalized spacial score (nSPS) is 9.82. The lowest BCUT2D eigenvalue weighted by atomic mass is 9.79. The highest BCUT2D eigenvalue weighted by Crippen LogP contribution is 2.10. The molecular weight excluding hydrogens is 209 g/mol. The zero-order valence-corrected chi connectivity index (χ0v) is 7.54. The van der Waals surface area contributed by atoms with E-state index in [1.807, 2.05) is 0 Å². The Bertz CT molecular complexity index is 267. The van der Waals surface area contributed by atoms with Crippen LogP contribution in [0.15, 0.2) is 16.9 Å². The molecule has 0 saturated heterocycles. The van der Waals surface area contributed by atoms with Crippen molar-refractivity contribution in [2.45, 2.75) is 6.92 Å². The van der Waals surface area contributed by atoms with Crippen LogP contribution in [0.5, 0.6) is 0 Å². The SMILES string of the molecule is Cc1c(Br)cncc1B(O)O. The molecule has 0 spiro atoms. The first kappa shape index (κ1) is 8.71. The molecule has 0 radical (unpaired) electrons. The molecule has 0 atom stereocenters. The fraction of sp³-hybridized carbons (Fsp3) is 0.167. The second-order valence-electron chi connectivity index (χ2n) is 2.21. The molecule has 0 aliphatic heterocycles. The zero-order chi connectivity index (χ0) is 8.43. The van der Waals surface area contributed by atoms with Crippen molar-refractivity contribution in [2.75, 3.05) is 0 Å². The largest absolute Gasteiger partial charge is 0.490 e. The van der Waals surface area contributed by atoms with E-state index in [1.54, 1.807) is 13.1 Å². The summed E-state index contributed by atoms with van der Waals surface area (Å²) in [6.07, 6.45) is 3.05. The third kappa shape index (κ3) is 1.80. The summed E-state index contributed by atoms with van der Waals surface area (Å²) in [5.41, 5.74) is 1.23. The maximum atomic E-state index is 8.82. The van der Waals surface area contributed by atoms with Gasteiger partial charge in [0.1, 0.15) is 0 Å². The van der Waals surface area contributed by atoms with Crippen LogP contribution >= 0.6 is 15.9 Å². The van der Waals surface area contributed by atoms with E-state index in [0.717, 1.165) is 10.0 Å². The van der Waals surface area contributed by atoms with Crippen LogP contribution in [0, 0.1) is 6.92 Å². The molecule has 0 unspecified atom stereocenters. The Balaban J connectivity index is 3.17. The van der Waals surface area contributed by atoms with E-state index in [1.165, 1.54) is 6.20 Å². The summed E-state index contributed by atoms with van der Waals surface area (Å²) < 4.78 is 0.781. The zero-order valence-electron chi connectivity index (χ0n) is 5.95. The quantitative estimate of drug-likeness (QED) is 0.640. The van der Waals surface area contributed by atoms with E-state index in [2.05, 4.69) is 20.9 Å². The minimum Gasteiger partial charge on any atom is -0.423 e. The molecule has 2 N–H and O–H groups in total. The Morgan fingerprint density at radius 1 is 1.45 bits per heavy atom. The molecule has 0 amide bonds. The van der Waals surface area contributed by atoms with Crippen LogP contribution in [0.3, 0.4) is 0 Å². The highest BCUT2D eigenvalue weighted by Gasteiger charge is 2.15. The monoisotopic (exact) mass is 215 g/mol. The van der Waals surface area contributed by atoms with Gasteiger partial charge in [-0.05, 0) is 28.4 Å². The second kappa shape index (κ2) is 3.34. The number of nitrogens with zero attached hydrogens (tertiary/aromatic N) is 1. The van der Waals surface area contributed by atoms with Gasteiger partial charge in [-0.3, -0.25) is 4.98 Å². The van der Waals surface area contributed by atoms with Crippen LogP contribution < -0.4 is 5.46 Å². The average Bonchev–Trinajstić information content (AvgIpc) is 1.94. The molecule has 1 aromatic rings. The van der Waals surface area contributed by atoms with Crippen molar-refractivity contribution in [1.29, 1.82) is 0 Å². The molecule has 1 aromatic heterocycles. The Hall–Kier alpha value is -0.385. The van der Waals surface area contributed by atoms with Crippen LogP contribution in [0.1, 0.15) is 5.56 Å². The van der Waals surface area contributed by atoms with Crippen LogP contribution in [-0.4, -0.2) is 22.2 Å². The summed E-state index contributed by atoms with van der Waals surface area (Å²) in [5, 5.41) is 17.6. The predicted molar refractivity (Wildman–Crippen MR) is 46.5 cm³/mol. The van der Waals surface area contributed by atoms with Crippen molar-refractivity contribution in [3.8, 4) is 0 Å². The van der Waals surface area contributed by atoms with Crippen molar-refractivity contribution >= 4 is 28.5 Å². The van der Waals surface area contributed by atoms with E-state index in [0.29, 0.717) is 5.46 Å². The standard InChI is InChI=1S/C6H7BBrNO2/c1-4-5(7(10)11)2-9-3-6(4)8/h2-3,10-11H,1H3. The third-order valence-electron chi connectivity index (χ3n) is 1.47. The fourth-order valence-corrected chi connectivity index (χ4v) is 1.12. The molecule has 0 aliphatic carbocycles. The van der Waals surface area contributed by atoms with Gasteiger partial charge in [-0.1, -0.05) is 0 Å². The molecule has 1 rings (SSSR count). The maximum Gasteiger partial charge on any atom is 0.490 e. The molecule has 0 bridgehead atoms. The Morgan fingerprint density at radius 2 is 2.09 bits per heavy atom. The molecule has 0 aromatic carbocycles. The predicted octanol–water partition coefficient (Wildman–Crippen LogP) is -0.168. The summed E-state index contributed by atoms with van der Waals surface area (Å²) in [4.78, 5) is 3.80. The number of aromatic nitrogens is 1. The van der Waals surface area contributed by atoms with E-state index >= 15 is 0 Å². The van der Waals surface area contributed by atoms with Gasteiger partial charge < -0.3 is 10.0 Å². The molecule has 11 heavy (non-hydrogen) atoms. The molecule has 5 heteroatoms. The summed E-state index contributed by atoms with van der Waals surface area (Å²) >= 11 is 3.23. The van der Waals surface area contributed by atoms with Gasteiger partial charge in [-0.2, -0.15) is 0 Å². The van der Waals surface area contributed by atoms with E-state index in [4.69, 9.17) is 10.0 Å². The van der Waals surface area contributed by atoms with Crippen molar-refractivity contribution in [2.24, 2.45) is 0 Å². The number of hydrogen-bond acceptors (Lipinski definition) is 3. The van der Waals surface area contributed by atoms with Crippen LogP contribution in [0.2, 0.25) is 0 Å². The summed E-state index contributed by atoms with van der Waals surface area (Å²) in [7, 11) is -1.44. The number of pyridine rings is 1. The molecule has 0 saturated carbocycles. The summed E-state index contributed by atoms with van der Waals surface area (Å²) in [6.45, 7) is 1.79. The first-order chi connectivity index (χ1) is 5.13. The number of hydrogen-bond donors (Lipinski definition) is 2. The average molecular weight is 216 g/mol. The highest BCUT2D eigenvalue weighted by molar-refractivity contribution is 9.10. The minimum absolute atomic E-state index is 0.430. The van der Waals surface area contributed by atoms with Gasteiger partial charge in [0.2, 0.25) is 0 Å². The number of rotatable bonds is 1. The highest BCUT2D eigenvalue weighted by atomic mass is 79.9. The van der Waals surface area contributed by atoms with Crippen molar-refractivity contribution in [3.05, 3.63) is 22.4 Å². The van der Waals surface area contributed by atoms with Crippen LogP contribution in [0.4, 0.5) is 0 Å². The van der Waals surface area contributed by atoms with E-state index in [-0.39, 0.29) is 0 Å². The second-order valence-corrected chi connectivity index (χ2v) is 3.06. The Morgan fingerprint density at radius 3 is 2.55 bits per heavy atom. The van der Waals surface area contributed by atoms with Crippen LogP contribution in [0.25, 0.3) is 0 Å². The molecular formula is C6H7BBrNO2. The topological polar surface area (TPSA) is 53.4 Å².